The fourth-order valence-electron chi connectivity index (χ4n) is 2.27. The Morgan fingerprint density at radius 1 is 1.06 bits per heavy atom. The molecule has 1 aromatic carbocycles. The van der Waals surface area contributed by atoms with Gasteiger partial charge in [0.2, 0.25) is 11.2 Å². The molecule has 1 aliphatic rings. The van der Waals surface area contributed by atoms with E-state index in [1.165, 1.54) is 30.4 Å². The van der Waals surface area contributed by atoms with Crippen molar-refractivity contribution in [3.05, 3.63) is 46.9 Å². The first-order valence-electron chi connectivity index (χ1n) is 6.09. The van der Waals surface area contributed by atoms with Crippen molar-refractivity contribution in [2.24, 2.45) is 0 Å². The molecule has 0 bridgehead atoms. The maximum atomic E-state index is 5.72. The second-order valence-electron chi connectivity index (χ2n) is 4.40. The molecule has 4 heteroatoms. The summed E-state index contributed by atoms with van der Waals surface area (Å²) in [5.41, 5.74) is 2.83. The number of fused-ring (bicyclic) bond motifs is 1. The van der Waals surface area contributed by atoms with Crippen molar-refractivity contribution < 1.29 is 4.74 Å². The molecule has 92 valence electrons. The lowest BCUT2D eigenvalue weighted by Gasteiger charge is -2.16. The van der Waals surface area contributed by atoms with E-state index in [2.05, 4.69) is 22.1 Å². The first kappa shape index (κ1) is 11.5. The predicted molar refractivity (Wildman–Crippen MR) is 70.2 cm³/mol. The van der Waals surface area contributed by atoms with Gasteiger partial charge in [-0.1, -0.05) is 6.07 Å². The van der Waals surface area contributed by atoms with Crippen LogP contribution >= 0.6 is 11.6 Å². The van der Waals surface area contributed by atoms with Crippen LogP contribution in [-0.4, -0.2) is 9.97 Å². The Bertz CT molecular complexity index is 571. The number of hydrogen-bond donors (Lipinski definition) is 0. The van der Waals surface area contributed by atoms with Gasteiger partial charge >= 0.3 is 0 Å². The Kier molecular flexibility index (Phi) is 3.15. The van der Waals surface area contributed by atoms with Crippen LogP contribution in [0.1, 0.15) is 24.0 Å². The first-order valence-corrected chi connectivity index (χ1v) is 6.47. The van der Waals surface area contributed by atoms with E-state index in [9.17, 15) is 0 Å². The van der Waals surface area contributed by atoms with Crippen LogP contribution in [0.3, 0.4) is 0 Å². The van der Waals surface area contributed by atoms with Gasteiger partial charge < -0.3 is 4.74 Å². The van der Waals surface area contributed by atoms with Crippen LogP contribution < -0.4 is 4.74 Å². The van der Waals surface area contributed by atoms with Gasteiger partial charge in [-0.05, 0) is 60.5 Å². The Balaban J connectivity index is 1.85. The smallest absolute Gasteiger partial charge is 0.225 e. The molecular weight excluding hydrogens is 248 g/mol. The van der Waals surface area contributed by atoms with Gasteiger partial charge in [0.15, 0.2) is 0 Å². The van der Waals surface area contributed by atoms with Crippen molar-refractivity contribution in [3.8, 4) is 11.6 Å². The fraction of sp³-hybridized carbons (Fsp3) is 0.286. The highest BCUT2D eigenvalue weighted by Crippen LogP contribution is 2.27. The third-order valence-corrected chi connectivity index (χ3v) is 3.33. The fourth-order valence-corrected chi connectivity index (χ4v) is 2.41. The molecule has 0 saturated heterocycles. The van der Waals surface area contributed by atoms with Crippen molar-refractivity contribution in [2.75, 3.05) is 0 Å². The molecular formula is C14H13ClN2O. The predicted octanol–water partition coefficient (Wildman–Crippen LogP) is 3.80. The van der Waals surface area contributed by atoms with Crippen molar-refractivity contribution in [1.82, 2.24) is 9.97 Å². The summed E-state index contributed by atoms with van der Waals surface area (Å²) in [7, 11) is 0. The molecule has 1 aromatic heterocycles. The monoisotopic (exact) mass is 260 g/mol. The zero-order valence-electron chi connectivity index (χ0n) is 9.90. The van der Waals surface area contributed by atoms with Gasteiger partial charge in [-0.3, -0.25) is 0 Å². The Hall–Kier alpha value is -1.61. The quantitative estimate of drug-likeness (QED) is 0.771. The highest BCUT2D eigenvalue weighted by molar-refractivity contribution is 6.28. The third-order valence-electron chi connectivity index (χ3n) is 3.14. The topological polar surface area (TPSA) is 35.0 Å². The summed E-state index contributed by atoms with van der Waals surface area (Å²) in [6.45, 7) is 0. The third kappa shape index (κ3) is 2.46. The second-order valence-corrected chi connectivity index (χ2v) is 4.74. The maximum Gasteiger partial charge on any atom is 0.225 e. The summed E-state index contributed by atoms with van der Waals surface area (Å²) in [4.78, 5) is 7.84. The van der Waals surface area contributed by atoms with E-state index in [0.717, 1.165) is 12.2 Å². The average Bonchev–Trinajstić information content (AvgIpc) is 2.39. The van der Waals surface area contributed by atoms with Gasteiger partial charge in [-0.15, -0.1) is 0 Å². The summed E-state index contributed by atoms with van der Waals surface area (Å²) in [5, 5.41) is 0.200. The minimum absolute atomic E-state index is 0.200. The Morgan fingerprint density at radius 2 is 1.89 bits per heavy atom. The lowest BCUT2D eigenvalue weighted by molar-refractivity contribution is 0.460. The van der Waals surface area contributed by atoms with E-state index in [4.69, 9.17) is 16.3 Å². The molecule has 3 rings (SSSR count). The van der Waals surface area contributed by atoms with Crippen LogP contribution in [0.4, 0.5) is 0 Å². The molecule has 0 saturated carbocycles. The first-order chi connectivity index (χ1) is 8.81. The number of halogens is 1. The summed E-state index contributed by atoms with van der Waals surface area (Å²) >= 11 is 5.72. The Labute approximate surface area is 111 Å². The zero-order valence-corrected chi connectivity index (χ0v) is 10.7. The molecule has 3 nitrogen and oxygen atoms in total. The van der Waals surface area contributed by atoms with Crippen molar-refractivity contribution in [1.29, 1.82) is 0 Å². The van der Waals surface area contributed by atoms with E-state index in [1.807, 2.05) is 6.07 Å². The largest absolute Gasteiger partial charge is 0.439 e. The van der Waals surface area contributed by atoms with E-state index < -0.39 is 0 Å². The lowest BCUT2D eigenvalue weighted by Crippen LogP contribution is -2.02. The molecule has 0 N–H and O–H groups in total. The minimum atomic E-state index is 0.200. The number of aromatic nitrogens is 2. The van der Waals surface area contributed by atoms with E-state index >= 15 is 0 Å². The zero-order chi connectivity index (χ0) is 12.4. The molecule has 1 aliphatic carbocycles. The SMILES string of the molecule is Clc1nccc(Oc2ccc3c(c2)CCCC3)n1. The minimum Gasteiger partial charge on any atom is -0.439 e. The van der Waals surface area contributed by atoms with Gasteiger partial charge in [-0.25, -0.2) is 4.98 Å². The maximum absolute atomic E-state index is 5.72. The normalized spacial score (nSPS) is 14.1. The number of ether oxygens (including phenoxy) is 1. The molecule has 0 fully saturated rings. The van der Waals surface area contributed by atoms with Crippen LogP contribution in [-0.2, 0) is 12.8 Å². The van der Waals surface area contributed by atoms with Gasteiger partial charge in [0, 0.05) is 12.3 Å². The van der Waals surface area contributed by atoms with Crippen molar-refractivity contribution in [3.63, 3.8) is 0 Å². The van der Waals surface area contributed by atoms with Crippen molar-refractivity contribution >= 4 is 11.6 Å². The van der Waals surface area contributed by atoms with E-state index in [0.29, 0.717) is 5.88 Å². The molecule has 0 unspecified atom stereocenters. The van der Waals surface area contributed by atoms with E-state index in [-0.39, 0.29) is 5.28 Å². The van der Waals surface area contributed by atoms with Crippen LogP contribution in [0.2, 0.25) is 5.28 Å². The molecule has 1 heterocycles. The van der Waals surface area contributed by atoms with Crippen LogP contribution in [0.25, 0.3) is 0 Å². The van der Waals surface area contributed by atoms with Gasteiger partial charge in [0.1, 0.15) is 5.75 Å². The van der Waals surface area contributed by atoms with Crippen LogP contribution in [0.15, 0.2) is 30.5 Å². The molecule has 0 radical (unpaired) electrons. The Morgan fingerprint density at radius 3 is 2.72 bits per heavy atom. The molecule has 18 heavy (non-hydrogen) atoms. The molecule has 0 atom stereocenters. The van der Waals surface area contributed by atoms with Crippen LogP contribution in [0, 0.1) is 0 Å². The molecule has 2 aromatic rings. The van der Waals surface area contributed by atoms with Gasteiger partial charge in [-0.2, -0.15) is 4.98 Å². The van der Waals surface area contributed by atoms with E-state index in [1.54, 1.807) is 12.3 Å². The van der Waals surface area contributed by atoms with Crippen molar-refractivity contribution in [2.45, 2.75) is 25.7 Å². The summed E-state index contributed by atoms with van der Waals surface area (Å²) in [5.74, 6) is 1.29. The number of benzene rings is 1. The summed E-state index contributed by atoms with van der Waals surface area (Å²) < 4.78 is 5.69. The number of nitrogens with zero attached hydrogens (tertiary/aromatic N) is 2. The standard InChI is InChI=1S/C14H13ClN2O/c15-14-16-8-7-13(17-14)18-12-6-5-10-3-1-2-4-11(10)9-12/h5-9H,1-4H2. The highest BCUT2D eigenvalue weighted by Gasteiger charge is 2.10. The summed E-state index contributed by atoms with van der Waals surface area (Å²) in [6.07, 6.45) is 6.44. The molecule has 0 spiro atoms. The highest BCUT2D eigenvalue weighted by atomic mass is 35.5. The molecule has 0 aliphatic heterocycles. The summed E-state index contributed by atoms with van der Waals surface area (Å²) in [6, 6.07) is 7.93. The number of hydrogen-bond acceptors (Lipinski definition) is 3. The van der Waals surface area contributed by atoms with Gasteiger partial charge in [0.05, 0.1) is 0 Å². The number of aryl methyl sites for hydroxylation is 2. The lowest BCUT2D eigenvalue weighted by atomic mass is 9.92. The average molecular weight is 261 g/mol. The number of rotatable bonds is 2. The van der Waals surface area contributed by atoms with Crippen LogP contribution in [0.5, 0.6) is 11.6 Å². The second kappa shape index (κ2) is 4.94. The molecule has 0 amide bonds. The van der Waals surface area contributed by atoms with Gasteiger partial charge in [0.25, 0.3) is 0 Å².